The lowest BCUT2D eigenvalue weighted by atomic mass is 10.1. The highest BCUT2D eigenvalue weighted by atomic mass is 35.5. The highest BCUT2D eigenvalue weighted by molar-refractivity contribution is 6.31. The maximum absolute atomic E-state index is 13.1. The number of hydrogen-bond acceptors (Lipinski definition) is 2. The number of carbonyl (C=O) groups is 2. The van der Waals surface area contributed by atoms with Crippen molar-refractivity contribution in [3.8, 4) is 0 Å². The van der Waals surface area contributed by atoms with Gasteiger partial charge in [-0.05, 0) is 42.2 Å². The number of nitrogens with zero attached hydrogens (tertiary/aromatic N) is 1. The van der Waals surface area contributed by atoms with Gasteiger partial charge in [0.05, 0.1) is 6.42 Å². The summed E-state index contributed by atoms with van der Waals surface area (Å²) in [6.45, 7) is 6.61. The first-order chi connectivity index (χ1) is 13.3. The van der Waals surface area contributed by atoms with Gasteiger partial charge in [-0.1, -0.05) is 67.4 Å². The molecular weight excluding hydrogens is 395 g/mol. The van der Waals surface area contributed by atoms with Crippen LogP contribution < -0.4 is 5.32 Å². The molecule has 0 spiro atoms. The number of halogens is 2. The van der Waals surface area contributed by atoms with Crippen molar-refractivity contribution in [2.75, 3.05) is 6.54 Å². The van der Waals surface area contributed by atoms with Gasteiger partial charge in [-0.2, -0.15) is 0 Å². The van der Waals surface area contributed by atoms with E-state index in [1.54, 1.807) is 30.0 Å². The van der Waals surface area contributed by atoms with E-state index in [-0.39, 0.29) is 24.8 Å². The second-order valence-electron chi connectivity index (χ2n) is 7.23. The SMILES string of the molecule is CC(C)CNC(=O)[C@@H](C)N(Cc1ccccc1Cl)C(=O)Cc1cccc(Cl)c1. The van der Waals surface area contributed by atoms with Crippen molar-refractivity contribution < 1.29 is 9.59 Å². The maximum Gasteiger partial charge on any atom is 0.242 e. The maximum atomic E-state index is 13.1. The Morgan fingerprint density at radius 1 is 1.04 bits per heavy atom. The lowest BCUT2D eigenvalue weighted by Crippen LogP contribution is -2.48. The van der Waals surface area contributed by atoms with Gasteiger partial charge < -0.3 is 10.2 Å². The van der Waals surface area contributed by atoms with Crippen LogP contribution in [0.2, 0.25) is 10.0 Å². The van der Waals surface area contributed by atoms with E-state index in [0.717, 1.165) is 11.1 Å². The Hall–Kier alpha value is -2.04. The van der Waals surface area contributed by atoms with Crippen molar-refractivity contribution in [3.05, 3.63) is 69.7 Å². The number of benzene rings is 2. The Labute approximate surface area is 176 Å². The molecule has 0 heterocycles. The number of rotatable bonds is 8. The molecule has 0 radical (unpaired) electrons. The molecule has 0 aliphatic carbocycles. The number of hydrogen-bond donors (Lipinski definition) is 1. The summed E-state index contributed by atoms with van der Waals surface area (Å²) in [6, 6.07) is 13.9. The molecule has 28 heavy (non-hydrogen) atoms. The van der Waals surface area contributed by atoms with E-state index >= 15 is 0 Å². The van der Waals surface area contributed by atoms with Gasteiger partial charge in [0.25, 0.3) is 0 Å². The molecule has 1 atom stereocenters. The van der Waals surface area contributed by atoms with Crippen LogP contribution in [0, 0.1) is 5.92 Å². The quantitative estimate of drug-likeness (QED) is 0.670. The molecule has 6 heteroatoms. The van der Waals surface area contributed by atoms with Crippen molar-refractivity contribution in [2.24, 2.45) is 5.92 Å². The molecule has 0 unspecified atom stereocenters. The Morgan fingerprint density at radius 2 is 1.75 bits per heavy atom. The van der Waals surface area contributed by atoms with Crippen LogP contribution in [0.5, 0.6) is 0 Å². The van der Waals surface area contributed by atoms with E-state index in [1.807, 2.05) is 44.2 Å². The fourth-order valence-corrected chi connectivity index (χ4v) is 3.18. The summed E-state index contributed by atoms with van der Waals surface area (Å²) in [4.78, 5) is 27.3. The average molecular weight is 421 g/mol. The predicted octanol–water partition coefficient (Wildman–Crippen LogP) is 4.73. The third kappa shape index (κ3) is 6.54. The van der Waals surface area contributed by atoms with E-state index in [1.165, 1.54) is 0 Å². The van der Waals surface area contributed by atoms with Gasteiger partial charge >= 0.3 is 0 Å². The fourth-order valence-electron chi connectivity index (χ4n) is 2.77. The first-order valence-electron chi connectivity index (χ1n) is 9.33. The summed E-state index contributed by atoms with van der Waals surface area (Å²) >= 11 is 12.3. The highest BCUT2D eigenvalue weighted by Crippen LogP contribution is 2.20. The number of carbonyl (C=O) groups excluding carboxylic acids is 2. The van der Waals surface area contributed by atoms with Gasteiger partial charge in [-0.15, -0.1) is 0 Å². The predicted molar refractivity (Wildman–Crippen MR) is 114 cm³/mol. The fraction of sp³-hybridized carbons (Fsp3) is 0.364. The van der Waals surface area contributed by atoms with E-state index in [9.17, 15) is 9.59 Å². The van der Waals surface area contributed by atoms with Gasteiger partial charge in [0.1, 0.15) is 6.04 Å². The Kier molecular flexibility index (Phi) is 8.34. The van der Waals surface area contributed by atoms with Gasteiger partial charge in [0, 0.05) is 23.1 Å². The summed E-state index contributed by atoms with van der Waals surface area (Å²) in [5.74, 6) is -0.00934. The lowest BCUT2D eigenvalue weighted by Gasteiger charge is -2.29. The van der Waals surface area contributed by atoms with Crippen LogP contribution in [-0.2, 0) is 22.6 Å². The van der Waals surface area contributed by atoms with Crippen molar-refractivity contribution in [1.82, 2.24) is 10.2 Å². The standard InChI is InChI=1S/C22H26Cl2N2O2/c1-15(2)13-25-22(28)16(3)26(14-18-8-4-5-10-20(18)24)21(27)12-17-7-6-9-19(23)11-17/h4-11,15-16H,12-14H2,1-3H3,(H,25,28)/t16-/m1/s1. The number of nitrogens with one attached hydrogen (secondary N) is 1. The normalized spacial score (nSPS) is 11.9. The molecular formula is C22H26Cl2N2O2. The molecule has 0 aromatic heterocycles. The van der Waals surface area contributed by atoms with Crippen molar-refractivity contribution in [1.29, 1.82) is 0 Å². The zero-order valence-corrected chi connectivity index (χ0v) is 17.9. The van der Waals surface area contributed by atoms with E-state index in [0.29, 0.717) is 22.5 Å². The van der Waals surface area contributed by atoms with Crippen LogP contribution in [0.3, 0.4) is 0 Å². The second-order valence-corrected chi connectivity index (χ2v) is 8.08. The molecule has 0 aliphatic rings. The summed E-state index contributed by atoms with van der Waals surface area (Å²) in [5.41, 5.74) is 1.60. The van der Waals surface area contributed by atoms with Gasteiger partial charge in [-0.3, -0.25) is 9.59 Å². The monoisotopic (exact) mass is 420 g/mol. The molecule has 150 valence electrons. The molecule has 0 aliphatic heterocycles. The Balaban J connectivity index is 2.22. The molecule has 0 bridgehead atoms. The Bertz CT molecular complexity index is 824. The molecule has 2 rings (SSSR count). The largest absolute Gasteiger partial charge is 0.354 e. The summed E-state index contributed by atoms with van der Waals surface area (Å²) in [5, 5.41) is 4.05. The smallest absolute Gasteiger partial charge is 0.242 e. The second kappa shape index (κ2) is 10.5. The van der Waals surface area contributed by atoms with Crippen molar-refractivity contribution >= 4 is 35.0 Å². The third-order valence-corrected chi connectivity index (χ3v) is 5.00. The van der Waals surface area contributed by atoms with E-state index in [4.69, 9.17) is 23.2 Å². The Morgan fingerprint density at radius 3 is 2.39 bits per heavy atom. The summed E-state index contributed by atoms with van der Waals surface area (Å²) in [6.07, 6.45) is 0.160. The molecule has 1 N–H and O–H groups in total. The van der Waals surface area contributed by atoms with Crippen LogP contribution in [0.4, 0.5) is 0 Å². The van der Waals surface area contributed by atoms with Crippen molar-refractivity contribution in [2.45, 2.75) is 39.8 Å². The number of amides is 2. The molecule has 2 aromatic carbocycles. The minimum absolute atomic E-state index is 0.158. The first-order valence-corrected chi connectivity index (χ1v) is 10.1. The highest BCUT2D eigenvalue weighted by Gasteiger charge is 2.26. The van der Waals surface area contributed by atoms with Crippen LogP contribution >= 0.6 is 23.2 Å². The molecule has 4 nitrogen and oxygen atoms in total. The molecule has 2 aromatic rings. The van der Waals surface area contributed by atoms with E-state index in [2.05, 4.69) is 5.32 Å². The molecule has 2 amide bonds. The van der Waals surface area contributed by atoms with Gasteiger partial charge in [0.2, 0.25) is 11.8 Å². The van der Waals surface area contributed by atoms with Crippen molar-refractivity contribution in [3.63, 3.8) is 0 Å². The summed E-state index contributed by atoms with van der Waals surface area (Å²) in [7, 11) is 0. The first kappa shape index (κ1) is 22.3. The minimum Gasteiger partial charge on any atom is -0.354 e. The van der Waals surface area contributed by atoms with Crippen LogP contribution in [0.15, 0.2) is 48.5 Å². The van der Waals surface area contributed by atoms with Crippen LogP contribution in [0.25, 0.3) is 0 Å². The van der Waals surface area contributed by atoms with Gasteiger partial charge in [0.15, 0.2) is 0 Å². The molecule has 0 saturated heterocycles. The topological polar surface area (TPSA) is 49.4 Å². The lowest BCUT2D eigenvalue weighted by molar-refractivity contribution is -0.140. The molecule has 0 saturated carbocycles. The molecule has 0 fully saturated rings. The van der Waals surface area contributed by atoms with Gasteiger partial charge in [-0.25, -0.2) is 0 Å². The van der Waals surface area contributed by atoms with E-state index < -0.39 is 6.04 Å². The third-order valence-electron chi connectivity index (χ3n) is 4.39. The minimum atomic E-state index is -0.623. The zero-order valence-electron chi connectivity index (χ0n) is 16.4. The zero-order chi connectivity index (χ0) is 20.7. The average Bonchev–Trinajstić information content (AvgIpc) is 2.64. The van der Waals surface area contributed by atoms with Crippen LogP contribution in [-0.4, -0.2) is 29.3 Å². The van der Waals surface area contributed by atoms with Crippen LogP contribution in [0.1, 0.15) is 31.9 Å². The summed E-state index contributed by atoms with van der Waals surface area (Å²) < 4.78 is 0.